The molecule has 7 heteroatoms. The molecule has 2 aromatic carbocycles. The fourth-order valence-electron chi connectivity index (χ4n) is 5.40. The number of piperazine rings is 1. The number of halogens is 1. The van der Waals surface area contributed by atoms with E-state index in [1.54, 1.807) is 18.5 Å². The molecule has 0 atom stereocenters. The summed E-state index contributed by atoms with van der Waals surface area (Å²) in [5, 5.41) is 1.28. The molecule has 1 fully saturated rings. The van der Waals surface area contributed by atoms with Gasteiger partial charge in [-0.1, -0.05) is 38.1 Å². The zero-order valence-corrected chi connectivity index (χ0v) is 22.3. The van der Waals surface area contributed by atoms with E-state index in [0.717, 1.165) is 63.6 Å². The number of hydrogen-bond donors (Lipinski definition) is 0. The maximum atomic E-state index is 12.2. The highest BCUT2D eigenvalue weighted by molar-refractivity contribution is 7.13. The Bertz CT molecular complexity index is 1180. The van der Waals surface area contributed by atoms with Crippen molar-refractivity contribution in [3.63, 3.8) is 0 Å². The number of hydrogen-bond acceptors (Lipinski definition) is 5. The topological polar surface area (TPSA) is 39.7 Å². The van der Waals surface area contributed by atoms with Gasteiger partial charge in [0.2, 0.25) is 5.91 Å². The Morgan fingerprint density at radius 3 is 2.56 bits per heavy atom. The molecule has 0 N–H and O–H groups in total. The van der Waals surface area contributed by atoms with Gasteiger partial charge in [-0.15, -0.1) is 12.4 Å². The summed E-state index contributed by atoms with van der Waals surface area (Å²) in [5.74, 6) is 1.30. The lowest BCUT2D eigenvalue weighted by atomic mass is 9.76. The van der Waals surface area contributed by atoms with Crippen molar-refractivity contribution in [2.75, 3.05) is 49.1 Å². The second-order valence-corrected chi connectivity index (χ2v) is 11.0. The number of aromatic nitrogens is 1. The average molecular weight is 499 g/mol. The van der Waals surface area contributed by atoms with E-state index in [1.165, 1.54) is 26.8 Å². The lowest BCUT2D eigenvalue weighted by Gasteiger charge is -2.40. The molecule has 1 aromatic heterocycles. The monoisotopic (exact) mass is 498 g/mol. The predicted molar refractivity (Wildman–Crippen MR) is 146 cm³/mol. The molecule has 3 aromatic rings. The van der Waals surface area contributed by atoms with E-state index in [9.17, 15) is 4.79 Å². The summed E-state index contributed by atoms with van der Waals surface area (Å²) in [6.45, 7) is 14.5. The Morgan fingerprint density at radius 2 is 1.82 bits per heavy atom. The summed E-state index contributed by atoms with van der Waals surface area (Å²) in [6, 6.07) is 13.2. The Kier molecular flexibility index (Phi) is 7.22. The Morgan fingerprint density at radius 1 is 1.09 bits per heavy atom. The fourth-order valence-corrected chi connectivity index (χ4v) is 6.19. The van der Waals surface area contributed by atoms with Gasteiger partial charge in [0.25, 0.3) is 0 Å². The standard InChI is InChI=1S/C27H34N4OS.ClH/c1-19-17-21(18-23-25(19)31(20(2)32)12-10-27(23,3)4)9-11-29-13-15-30(16-14-29)26-22-7-5-6-8-24(22)33-28-26;/h5-8,17-18H,9-16H2,1-4H3;1H. The first-order valence-electron chi connectivity index (χ1n) is 12.1. The minimum atomic E-state index is 0. The summed E-state index contributed by atoms with van der Waals surface area (Å²) in [7, 11) is 0. The Labute approximate surface area is 213 Å². The molecule has 3 heterocycles. The van der Waals surface area contributed by atoms with Gasteiger partial charge >= 0.3 is 0 Å². The molecule has 1 amide bonds. The zero-order chi connectivity index (χ0) is 23.2. The zero-order valence-electron chi connectivity index (χ0n) is 20.6. The third kappa shape index (κ3) is 4.68. The van der Waals surface area contributed by atoms with Crippen LogP contribution in [0.5, 0.6) is 0 Å². The van der Waals surface area contributed by atoms with Crippen LogP contribution in [0.25, 0.3) is 10.1 Å². The summed E-state index contributed by atoms with van der Waals surface area (Å²) in [6.07, 6.45) is 2.06. The second kappa shape index (κ2) is 9.84. The molecule has 0 saturated carbocycles. The van der Waals surface area contributed by atoms with Gasteiger partial charge in [-0.2, -0.15) is 4.37 Å². The van der Waals surface area contributed by atoms with Crippen LogP contribution in [-0.4, -0.2) is 54.4 Å². The lowest BCUT2D eigenvalue weighted by molar-refractivity contribution is -0.116. The molecular formula is C27H35ClN4OS. The smallest absolute Gasteiger partial charge is 0.223 e. The Balaban J connectivity index is 0.00000274. The van der Waals surface area contributed by atoms with Gasteiger partial charge in [-0.3, -0.25) is 9.69 Å². The molecule has 182 valence electrons. The summed E-state index contributed by atoms with van der Waals surface area (Å²) < 4.78 is 6.01. The first-order valence-corrected chi connectivity index (χ1v) is 12.8. The quantitative estimate of drug-likeness (QED) is 0.481. The van der Waals surface area contributed by atoms with Gasteiger partial charge in [0.05, 0.1) is 10.4 Å². The number of rotatable bonds is 4. The number of benzene rings is 2. The number of carbonyl (C=O) groups is 1. The van der Waals surface area contributed by atoms with E-state index in [0.29, 0.717) is 0 Å². The number of fused-ring (bicyclic) bond motifs is 2. The Hall–Kier alpha value is -2.15. The van der Waals surface area contributed by atoms with Crippen LogP contribution in [0, 0.1) is 6.92 Å². The first-order chi connectivity index (χ1) is 15.8. The van der Waals surface area contributed by atoms with Crippen molar-refractivity contribution < 1.29 is 4.79 Å². The van der Waals surface area contributed by atoms with Crippen LogP contribution >= 0.6 is 23.9 Å². The van der Waals surface area contributed by atoms with E-state index in [-0.39, 0.29) is 23.7 Å². The molecular weight excluding hydrogens is 464 g/mol. The highest BCUT2D eigenvalue weighted by Crippen LogP contribution is 2.42. The highest BCUT2D eigenvalue weighted by atomic mass is 35.5. The summed E-state index contributed by atoms with van der Waals surface area (Å²) in [4.78, 5) is 19.2. The van der Waals surface area contributed by atoms with Crippen LogP contribution in [0.2, 0.25) is 0 Å². The number of carbonyl (C=O) groups excluding carboxylic acids is 1. The largest absolute Gasteiger partial charge is 0.353 e. The summed E-state index contributed by atoms with van der Waals surface area (Å²) in [5.41, 5.74) is 5.19. The normalized spacial score (nSPS) is 18.0. The van der Waals surface area contributed by atoms with Crippen LogP contribution in [0.3, 0.4) is 0 Å². The first kappa shape index (κ1) is 25.0. The molecule has 5 nitrogen and oxygen atoms in total. The van der Waals surface area contributed by atoms with Gasteiger partial charge in [0.15, 0.2) is 0 Å². The predicted octanol–water partition coefficient (Wildman–Crippen LogP) is 5.43. The van der Waals surface area contributed by atoms with Crippen molar-refractivity contribution in [1.29, 1.82) is 0 Å². The maximum absolute atomic E-state index is 12.2. The van der Waals surface area contributed by atoms with Crippen LogP contribution < -0.4 is 9.80 Å². The van der Waals surface area contributed by atoms with Crippen LogP contribution in [0.15, 0.2) is 36.4 Å². The molecule has 0 spiro atoms. The molecule has 34 heavy (non-hydrogen) atoms. The van der Waals surface area contributed by atoms with Gasteiger partial charge in [0.1, 0.15) is 5.82 Å². The number of nitrogens with zero attached hydrogens (tertiary/aromatic N) is 4. The van der Waals surface area contributed by atoms with Crippen molar-refractivity contribution in [1.82, 2.24) is 9.27 Å². The van der Waals surface area contributed by atoms with E-state index >= 15 is 0 Å². The van der Waals surface area contributed by atoms with Crippen molar-refractivity contribution in [2.45, 2.75) is 46.0 Å². The minimum absolute atomic E-state index is 0. The molecule has 2 aliphatic heterocycles. The van der Waals surface area contributed by atoms with Crippen molar-refractivity contribution in [3.8, 4) is 0 Å². The maximum Gasteiger partial charge on any atom is 0.223 e. The van der Waals surface area contributed by atoms with E-state index in [4.69, 9.17) is 4.37 Å². The summed E-state index contributed by atoms with van der Waals surface area (Å²) >= 11 is 1.60. The van der Waals surface area contributed by atoms with E-state index < -0.39 is 0 Å². The second-order valence-electron chi connectivity index (χ2n) is 10.2. The van der Waals surface area contributed by atoms with Crippen molar-refractivity contribution >= 4 is 51.4 Å². The molecule has 0 bridgehead atoms. The highest BCUT2D eigenvalue weighted by Gasteiger charge is 2.34. The van der Waals surface area contributed by atoms with E-state index in [1.807, 2.05) is 4.90 Å². The SMILES string of the molecule is CC(=O)N1CCC(C)(C)c2cc(CCN3CCN(c4nsc5ccccc45)CC3)cc(C)c21.Cl. The third-order valence-corrected chi connectivity index (χ3v) is 8.26. The number of anilines is 2. The molecule has 0 aliphatic carbocycles. The van der Waals surface area contributed by atoms with Crippen molar-refractivity contribution in [2.24, 2.45) is 0 Å². The van der Waals surface area contributed by atoms with Crippen LogP contribution in [0.4, 0.5) is 11.5 Å². The van der Waals surface area contributed by atoms with Crippen LogP contribution in [0.1, 0.15) is 43.9 Å². The van der Waals surface area contributed by atoms with Gasteiger partial charge in [0, 0.05) is 51.6 Å². The molecule has 2 aliphatic rings. The molecule has 0 radical (unpaired) electrons. The molecule has 1 saturated heterocycles. The number of amides is 1. The third-order valence-electron chi connectivity index (χ3n) is 7.45. The van der Waals surface area contributed by atoms with Gasteiger partial charge in [-0.25, -0.2) is 0 Å². The van der Waals surface area contributed by atoms with Crippen LogP contribution in [-0.2, 0) is 16.6 Å². The molecule has 5 rings (SSSR count). The van der Waals surface area contributed by atoms with Gasteiger partial charge < -0.3 is 9.80 Å². The lowest BCUT2D eigenvalue weighted by Crippen LogP contribution is -2.47. The fraction of sp³-hybridized carbons (Fsp3) is 0.481. The number of aryl methyl sites for hydroxylation is 1. The van der Waals surface area contributed by atoms with Gasteiger partial charge in [-0.05, 0) is 65.5 Å². The van der Waals surface area contributed by atoms with Crippen molar-refractivity contribution in [3.05, 3.63) is 53.1 Å². The average Bonchev–Trinajstić information content (AvgIpc) is 3.22. The van der Waals surface area contributed by atoms with E-state index in [2.05, 4.69) is 67.0 Å². The minimum Gasteiger partial charge on any atom is -0.353 e. The molecule has 0 unspecified atom stereocenters.